The molecule has 0 amide bonds. The molecule has 5 rings (SSSR count). The Morgan fingerprint density at radius 3 is 2.75 bits per heavy atom. The van der Waals surface area contributed by atoms with E-state index in [0.29, 0.717) is 23.0 Å². The number of hydrogen-bond donors (Lipinski definition) is 1. The summed E-state index contributed by atoms with van der Waals surface area (Å²) in [6.07, 6.45) is 21.5. The molecule has 3 aliphatic rings. The first kappa shape index (κ1) is 21.5. The van der Waals surface area contributed by atoms with Gasteiger partial charge in [0, 0.05) is 29.6 Å². The Kier molecular flexibility index (Phi) is 6.25. The minimum atomic E-state index is 0.116. The first-order chi connectivity index (χ1) is 15.6. The van der Waals surface area contributed by atoms with Crippen molar-refractivity contribution in [3.05, 3.63) is 36.1 Å². The van der Waals surface area contributed by atoms with Gasteiger partial charge in [-0.2, -0.15) is 0 Å². The molecule has 0 aromatic carbocycles. The largest absolute Gasteiger partial charge is 0.346 e. The van der Waals surface area contributed by atoms with Crippen molar-refractivity contribution >= 4 is 23.0 Å². The van der Waals surface area contributed by atoms with Gasteiger partial charge in [-0.25, -0.2) is 9.97 Å². The number of allylic oxidation sites excluding steroid dienone is 2. The number of nitrogens with zero attached hydrogens (tertiary/aromatic N) is 3. The van der Waals surface area contributed by atoms with Crippen LogP contribution in [0.4, 0.5) is 0 Å². The highest BCUT2D eigenvalue weighted by molar-refractivity contribution is 5.98. The molecule has 3 heterocycles. The number of fused-ring (bicyclic) bond motifs is 1. The van der Waals surface area contributed by atoms with E-state index in [4.69, 9.17) is 4.98 Å². The SMILES string of the molecule is CC1C=NC(C(=O)C2CCCCCCC(c3ncnc4[nH]ccc34)CC3(CC3)C2)=CCC1. The highest BCUT2D eigenvalue weighted by atomic mass is 16.1. The van der Waals surface area contributed by atoms with E-state index in [9.17, 15) is 4.79 Å². The average Bonchev–Trinajstić information content (AvgIpc) is 3.45. The molecule has 0 bridgehead atoms. The highest BCUT2D eigenvalue weighted by Gasteiger charge is 2.47. The van der Waals surface area contributed by atoms with Gasteiger partial charge in [-0.05, 0) is 68.8 Å². The summed E-state index contributed by atoms with van der Waals surface area (Å²) < 4.78 is 0. The van der Waals surface area contributed by atoms with Gasteiger partial charge in [-0.3, -0.25) is 9.79 Å². The lowest BCUT2D eigenvalue weighted by molar-refractivity contribution is -0.120. The van der Waals surface area contributed by atoms with Crippen LogP contribution in [0.15, 0.2) is 35.4 Å². The molecular weight excluding hydrogens is 396 g/mol. The van der Waals surface area contributed by atoms with Gasteiger partial charge in [0.2, 0.25) is 0 Å². The number of ketones is 1. The molecule has 1 N–H and O–H groups in total. The van der Waals surface area contributed by atoms with Crippen LogP contribution in [0.2, 0.25) is 0 Å². The number of aromatic nitrogens is 3. The van der Waals surface area contributed by atoms with Crippen molar-refractivity contribution in [3.8, 4) is 0 Å². The Labute approximate surface area is 191 Å². The van der Waals surface area contributed by atoms with Gasteiger partial charge < -0.3 is 4.98 Å². The van der Waals surface area contributed by atoms with Crippen molar-refractivity contribution in [2.45, 2.75) is 89.9 Å². The number of H-pyrrole nitrogens is 1. The number of nitrogens with one attached hydrogen (secondary N) is 1. The summed E-state index contributed by atoms with van der Waals surface area (Å²) in [6.45, 7) is 2.19. The lowest BCUT2D eigenvalue weighted by Gasteiger charge is -2.26. The lowest BCUT2D eigenvalue weighted by Crippen LogP contribution is -2.22. The maximum atomic E-state index is 13.6. The second kappa shape index (κ2) is 9.29. The van der Waals surface area contributed by atoms with Crippen LogP contribution in [0.5, 0.6) is 0 Å². The van der Waals surface area contributed by atoms with Crippen LogP contribution in [0.3, 0.4) is 0 Å². The molecule has 2 saturated carbocycles. The summed E-state index contributed by atoms with van der Waals surface area (Å²) in [4.78, 5) is 30.6. The van der Waals surface area contributed by atoms with E-state index in [1.807, 2.05) is 12.4 Å². The van der Waals surface area contributed by atoms with Gasteiger partial charge in [-0.1, -0.05) is 38.7 Å². The summed E-state index contributed by atoms with van der Waals surface area (Å²) in [5, 5.41) is 1.17. The van der Waals surface area contributed by atoms with Crippen molar-refractivity contribution in [2.75, 3.05) is 0 Å². The van der Waals surface area contributed by atoms with E-state index in [2.05, 4.69) is 34.0 Å². The summed E-state index contributed by atoms with van der Waals surface area (Å²) in [7, 11) is 0. The molecule has 0 radical (unpaired) electrons. The monoisotopic (exact) mass is 432 g/mol. The summed E-state index contributed by atoms with van der Waals surface area (Å²) in [5.41, 5.74) is 3.17. The quantitative estimate of drug-likeness (QED) is 0.599. The molecule has 2 aliphatic carbocycles. The van der Waals surface area contributed by atoms with Crippen LogP contribution in [0.25, 0.3) is 11.0 Å². The lowest BCUT2D eigenvalue weighted by atomic mass is 9.78. The summed E-state index contributed by atoms with van der Waals surface area (Å²) in [6, 6.07) is 2.12. The third kappa shape index (κ3) is 4.72. The van der Waals surface area contributed by atoms with E-state index in [0.717, 1.165) is 49.9 Å². The number of aromatic amines is 1. The predicted molar refractivity (Wildman–Crippen MR) is 129 cm³/mol. The van der Waals surface area contributed by atoms with Crippen molar-refractivity contribution in [1.29, 1.82) is 0 Å². The van der Waals surface area contributed by atoms with Crippen LogP contribution in [0, 0.1) is 17.3 Å². The Hall–Kier alpha value is -2.30. The molecule has 2 fully saturated rings. The van der Waals surface area contributed by atoms with Gasteiger partial charge in [0.25, 0.3) is 0 Å². The summed E-state index contributed by atoms with van der Waals surface area (Å²) >= 11 is 0. The Morgan fingerprint density at radius 1 is 1.06 bits per heavy atom. The minimum Gasteiger partial charge on any atom is -0.346 e. The molecule has 3 atom stereocenters. The zero-order valence-corrected chi connectivity index (χ0v) is 19.4. The van der Waals surface area contributed by atoms with Crippen LogP contribution >= 0.6 is 0 Å². The van der Waals surface area contributed by atoms with E-state index >= 15 is 0 Å². The zero-order valence-electron chi connectivity index (χ0n) is 19.4. The molecule has 1 spiro atoms. The van der Waals surface area contributed by atoms with Gasteiger partial charge in [-0.15, -0.1) is 0 Å². The fraction of sp³-hybridized carbons (Fsp3) is 0.630. The first-order valence-corrected chi connectivity index (χ1v) is 12.7. The number of Topliss-reactive ketones (excluding diaryl/α,β-unsaturated/α-hetero) is 1. The fourth-order valence-electron chi connectivity index (χ4n) is 5.92. The first-order valence-electron chi connectivity index (χ1n) is 12.7. The van der Waals surface area contributed by atoms with Crippen molar-refractivity contribution in [2.24, 2.45) is 22.2 Å². The second-order valence-electron chi connectivity index (χ2n) is 10.6. The van der Waals surface area contributed by atoms with Gasteiger partial charge in [0.15, 0.2) is 5.78 Å². The molecule has 2 aromatic rings. The van der Waals surface area contributed by atoms with E-state index < -0.39 is 0 Å². The number of hydrogen-bond acceptors (Lipinski definition) is 4. The Bertz CT molecular complexity index is 1020. The predicted octanol–water partition coefficient (Wildman–Crippen LogP) is 6.53. The normalized spacial score (nSPS) is 28.7. The topological polar surface area (TPSA) is 71.0 Å². The molecule has 170 valence electrons. The van der Waals surface area contributed by atoms with Crippen molar-refractivity contribution < 1.29 is 4.79 Å². The smallest absolute Gasteiger partial charge is 0.183 e. The average molecular weight is 433 g/mol. The maximum absolute atomic E-state index is 13.6. The van der Waals surface area contributed by atoms with E-state index in [1.54, 1.807) is 6.33 Å². The van der Waals surface area contributed by atoms with Gasteiger partial charge in [0.1, 0.15) is 17.7 Å². The van der Waals surface area contributed by atoms with Gasteiger partial charge >= 0.3 is 0 Å². The molecule has 2 aromatic heterocycles. The third-order valence-electron chi connectivity index (χ3n) is 7.99. The van der Waals surface area contributed by atoms with E-state index in [1.165, 1.54) is 49.6 Å². The molecule has 1 aliphatic heterocycles. The Balaban J connectivity index is 1.39. The second-order valence-corrected chi connectivity index (χ2v) is 10.6. The number of carbonyl (C=O) groups excluding carboxylic acids is 1. The standard InChI is InChI=1S/C27H36N4O/c1-19-7-6-10-23(29-17-19)25(32)21-9-5-3-2-4-8-20(15-27(16-21)12-13-27)24-22-11-14-28-26(22)31-18-30-24/h10-11,14,17-21H,2-9,12-13,15-16H2,1H3,(H,28,30,31). The maximum Gasteiger partial charge on any atom is 0.183 e. The van der Waals surface area contributed by atoms with Crippen LogP contribution in [0.1, 0.15) is 95.6 Å². The molecule has 5 heteroatoms. The fourth-order valence-corrected chi connectivity index (χ4v) is 5.92. The van der Waals surface area contributed by atoms with Crippen molar-refractivity contribution in [1.82, 2.24) is 15.0 Å². The number of aliphatic imine (C=N–C) groups is 1. The molecular formula is C27H36N4O. The molecule has 0 saturated heterocycles. The molecule has 3 unspecified atom stereocenters. The zero-order chi connectivity index (χ0) is 22.0. The van der Waals surface area contributed by atoms with Crippen molar-refractivity contribution in [3.63, 3.8) is 0 Å². The van der Waals surface area contributed by atoms with Crippen LogP contribution in [-0.2, 0) is 4.79 Å². The van der Waals surface area contributed by atoms with Crippen LogP contribution < -0.4 is 0 Å². The summed E-state index contributed by atoms with van der Waals surface area (Å²) in [5.74, 6) is 1.32. The third-order valence-corrected chi connectivity index (χ3v) is 7.99. The van der Waals surface area contributed by atoms with Gasteiger partial charge in [0.05, 0.1) is 5.69 Å². The highest BCUT2D eigenvalue weighted by Crippen LogP contribution is 2.58. The molecule has 5 nitrogen and oxygen atoms in total. The number of carbonyl (C=O) groups is 1. The number of rotatable bonds is 3. The van der Waals surface area contributed by atoms with Crippen LogP contribution in [-0.4, -0.2) is 26.9 Å². The van der Waals surface area contributed by atoms with E-state index in [-0.39, 0.29) is 5.92 Å². The molecule has 32 heavy (non-hydrogen) atoms. The Morgan fingerprint density at radius 2 is 1.91 bits per heavy atom. The minimum absolute atomic E-state index is 0.116.